The Morgan fingerprint density at radius 1 is 1.35 bits per heavy atom. The van der Waals surface area contributed by atoms with Gasteiger partial charge < -0.3 is 14.5 Å². The molecular formula is C11H21N3O3. The molecule has 0 unspecified atom stereocenters. The number of piperazine rings is 1. The number of carbonyl (C=O) groups excluding carboxylic acids is 1. The number of carbonyl (C=O) groups is 1. The summed E-state index contributed by atoms with van der Waals surface area (Å²) >= 11 is 0. The Balaban J connectivity index is 2.15. The normalized spacial score (nSPS) is 17.6. The Kier molecular flexibility index (Phi) is 6.57. The Bertz CT molecular complexity index is 250. The van der Waals surface area contributed by atoms with E-state index in [9.17, 15) is 4.79 Å². The summed E-state index contributed by atoms with van der Waals surface area (Å²) in [5, 5.41) is 3.69. The van der Waals surface area contributed by atoms with Crippen LogP contribution in [-0.4, -0.2) is 75.0 Å². The standard InChI is InChI=1S/C11H21N3O3/c1-3-12-17-9-8-13-4-6-14(7-5-13)11(15)10-16-2/h3H,4-10H2,1-2H3/b12-3+. The summed E-state index contributed by atoms with van der Waals surface area (Å²) in [7, 11) is 1.54. The van der Waals surface area contributed by atoms with Gasteiger partial charge in [-0.05, 0) is 6.92 Å². The minimum absolute atomic E-state index is 0.0685. The largest absolute Gasteiger partial charge is 0.395 e. The molecule has 0 radical (unpaired) electrons. The van der Waals surface area contributed by atoms with Crippen molar-refractivity contribution in [1.82, 2.24) is 9.80 Å². The van der Waals surface area contributed by atoms with E-state index < -0.39 is 0 Å². The van der Waals surface area contributed by atoms with Gasteiger partial charge in [-0.1, -0.05) is 5.16 Å². The maximum Gasteiger partial charge on any atom is 0.248 e. The quantitative estimate of drug-likeness (QED) is 0.368. The monoisotopic (exact) mass is 243 g/mol. The van der Waals surface area contributed by atoms with E-state index in [1.807, 2.05) is 11.8 Å². The van der Waals surface area contributed by atoms with Crippen molar-refractivity contribution in [3.63, 3.8) is 0 Å². The van der Waals surface area contributed by atoms with Crippen LogP contribution in [0.2, 0.25) is 0 Å². The molecule has 1 fully saturated rings. The highest BCUT2D eigenvalue weighted by molar-refractivity contribution is 5.77. The summed E-state index contributed by atoms with van der Waals surface area (Å²) in [6.45, 7) is 6.73. The van der Waals surface area contributed by atoms with Gasteiger partial charge in [0.15, 0.2) is 0 Å². The van der Waals surface area contributed by atoms with E-state index in [0.29, 0.717) is 6.61 Å². The minimum atomic E-state index is 0.0685. The molecule has 6 nitrogen and oxygen atoms in total. The third-order valence-corrected chi connectivity index (χ3v) is 2.67. The van der Waals surface area contributed by atoms with Gasteiger partial charge in [0, 0.05) is 46.0 Å². The van der Waals surface area contributed by atoms with E-state index in [-0.39, 0.29) is 12.5 Å². The van der Waals surface area contributed by atoms with E-state index >= 15 is 0 Å². The third-order valence-electron chi connectivity index (χ3n) is 2.67. The van der Waals surface area contributed by atoms with Crippen LogP contribution in [0.15, 0.2) is 5.16 Å². The third kappa shape index (κ3) is 5.14. The Hall–Kier alpha value is -1.14. The van der Waals surface area contributed by atoms with Crippen molar-refractivity contribution in [2.24, 2.45) is 5.16 Å². The topological polar surface area (TPSA) is 54.4 Å². The summed E-state index contributed by atoms with van der Waals surface area (Å²) in [5.74, 6) is 0.0685. The molecule has 0 saturated carbocycles. The van der Waals surface area contributed by atoms with E-state index in [1.165, 1.54) is 0 Å². The number of hydrogen-bond acceptors (Lipinski definition) is 5. The van der Waals surface area contributed by atoms with Crippen LogP contribution in [0.3, 0.4) is 0 Å². The SMILES string of the molecule is C/C=N/OCCN1CCN(C(=O)COC)CC1. The summed E-state index contributed by atoms with van der Waals surface area (Å²) in [6.07, 6.45) is 1.63. The second-order valence-corrected chi connectivity index (χ2v) is 3.85. The van der Waals surface area contributed by atoms with Crippen LogP contribution in [0.4, 0.5) is 0 Å². The molecule has 1 saturated heterocycles. The average Bonchev–Trinajstić information content (AvgIpc) is 2.36. The molecule has 98 valence electrons. The molecule has 6 heteroatoms. The van der Waals surface area contributed by atoms with Gasteiger partial charge in [-0.2, -0.15) is 0 Å². The lowest BCUT2D eigenvalue weighted by Crippen LogP contribution is -2.50. The molecule has 0 N–H and O–H groups in total. The zero-order chi connectivity index (χ0) is 12.5. The highest BCUT2D eigenvalue weighted by atomic mass is 16.6. The van der Waals surface area contributed by atoms with Crippen molar-refractivity contribution in [2.45, 2.75) is 6.92 Å². The summed E-state index contributed by atoms with van der Waals surface area (Å²) in [6, 6.07) is 0. The zero-order valence-corrected chi connectivity index (χ0v) is 10.6. The smallest absolute Gasteiger partial charge is 0.248 e. The molecule has 0 spiro atoms. The van der Waals surface area contributed by atoms with Crippen molar-refractivity contribution in [2.75, 3.05) is 53.0 Å². The predicted molar refractivity (Wildman–Crippen MR) is 65.0 cm³/mol. The zero-order valence-electron chi connectivity index (χ0n) is 10.6. The summed E-state index contributed by atoms with van der Waals surface area (Å²) in [5.41, 5.74) is 0. The van der Waals surface area contributed by atoms with Crippen molar-refractivity contribution in [3.05, 3.63) is 0 Å². The number of amides is 1. The van der Waals surface area contributed by atoms with Crippen LogP contribution in [0, 0.1) is 0 Å². The molecule has 1 aliphatic rings. The predicted octanol–water partition coefficient (Wildman–Crippen LogP) is -0.201. The van der Waals surface area contributed by atoms with Gasteiger partial charge >= 0.3 is 0 Å². The number of ether oxygens (including phenoxy) is 1. The van der Waals surface area contributed by atoms with Gasteiger partial charge in [0.2, 0.25) is 5.91 Å². The maximum atomic E-state index is 11.5. The fourth-order valence-corrected chi connectivity index (χ4v) is 1.73. The van der Waals surface area contributed by atoms with Crippen LogP contribution in [0.5, 0.6) is 0 Å². The molecule has 0 atom stereocenters. The molecular weight excluding hydrogens is 222 g/mol. The minimum Gasteiger partial charge on any atom is -0.395 e. The Labute approximate surface area is 102 Å². The molecule has 0 aliphatic carbocycles. The van der Waals surface area contributed by atoms with Crippen molar-refractivity contribution in [1.29, 1.82) is 0 Å². The first-order valence-corrected chi connectivity index (χ1v) is 5.87. The fraction of sp³-hybridized carbons (Fsp3) is 0.818. The number of hydrogen-bond donors (Lipinski definition) is 0. The molecule has 1 aliphatic heterocycles. The lowest BCUT2D eigenvalue weighted by Gasteiger charge is -2.34. The van der Waals surface area contributed by atoms with Crippen LogP contribution < -0.4 is 0 Å². The van der Waals surface area contributed by atoms with Gasteiger partial charge in [-0.3, -0.25) is 9.69 Å². The van der Waals surface area contributed by atoms with Crippen LogP contribution in [-0.2, 0) is 14.4 Å². The van der Waals surface area contributed by atoms with E-state index in [1.54, 1.807) is 13.3 Å². The molecule has 0 bridgehead atoms. The molecule has 1 amide bonds. The van der Waals surface area contributed by atoms with Crippen LogP contribution >= 0.6 is 0 Å². The van der Waals surface area contributed by atoms with Crippen LogP contribution in [0.25, 0.3) is 0 Å². The maximum absolute atomic E-state index is 11.5. The van der Waals surface area contributed by atoms with Gasteiger partial charge in [0.05, 0.1) is 0 Å². The lowest BCUT2D eigenvalue weighted by atomic mass is 10.3. The highest BCUT2D eigenvalue weighted by Crippen LogP contribution is 2.02. The molecule has 1 heterocycles. The van der Waals surface area contributed by atoms with Gasteiger partial charge in [-0.15, -0.1) is 0 Å². The Morgan fingerprint density at radius 2 is 2.06 bits per heavy atom. The first kappa shape index (κ1) is 13.9. The lowest BCUT2D eigenvalue weighted by molar-refractivity contribution is -0.136. The van der Waals surface area contributed by atoms with Gasteiger partial charge in [0.1, 0.15) is 13.2 Å². The fourth-order valence-electron chi connectivity index (χ4n) is 1.73. The number of oxime groups is 1. The summed E-state index contributed by atoms with van der Waals surface area (Å²) < 4.78 is 4.83. The van der Waals surface area contributed by atoms with E-state index in [4.69, 9.17) is 9.57 Å². The van der Waals surface area contributed by atoms with Gasteiger partial charge in [-0.25, -0.2) is 0 Å². The van der Waals surface area contributed by atoms with Crippen molar-refractivity contribution >= 4 is 12.1 Å². The van der Waals surface area contributed by atoms with Crippen molar-refractivity contribution < 1.29 is 14.4 Å². The van der Waals surface area contributed by atoms with Gasteiger partial charge in [0.25, 0.3) is 0 Å². The molecule has 0 aromatic heterocycles. The second kappa shape index (κ2) is 8.03. The molecule has 1 rings (SSSR count). The van der Waals surface area contributed by atoms with Crippen molar-refractivity contribution in [3.8, 4) is 0 Å². The Morgan fingerprint density at radius 3 is 2.65 bits per heavy atom. The molecule has 0 aromatic rings. The number of methoxy groups -OCH3 is 1. The van der Waals surface area contributed by atoms with E-state index in [2.05, 4.69) is 10.1 Å². The average molecular weight is 243 g/mol. The number of rotatable bonds is 6. The summed E-state index contributed by atoms with van der Waals surface area (Å²) in [4.78, 5) is 20.7. The van der Waals surface area contributed by atoms with Crippen LogP contribution in [0.1, 0.15) is 6.92 Å². The molecule has 0 aromatic carbocycles. The van der Waals surface area contributed by atoms with E-state index in [0.717, 1.165) is 32.7 Å². The molecule has 17 heavy (non-hydrogen) atoms. The second-order valence-electron chi connectivity index (χ2n) is 3.85. The first-order valence-electron chi connectivity index (χ1n) is 5.87. The first-order chi connectivity index (χ1) is 8.27. The number of nitrogens with zero attached hydrogens (tertiary/aromatic N) is 3. The highest BCUT2D eigenvalue weighted by Gasteiger charge is 2.20.